The summed E-state index contributed by atoms with van der Waals surface area (Å²) in [5.74, 6) is -4.41. The van der Waals surface area contributed by atoms with E-state index in [1.165, 1.54) is 0 Å². The zero-order valence-electron chi connectivity index (χ0n) is 9.48. The van der Waals surface area contributed by atoms with Crippen LogP contribution in [-0.2, 0) is 4.74 Å². The second kappa shape index (κ2) is 5.09. The van der Waals surface area contributed by atoms with Gasteiger partial charge in [-0.2, -0.15) is 0 Å². The zero-order valence-corrected chi connectivity index (χ0v) is 9.48. The summed E-state index contributed by atoms with van der Waals surface area (Å²) in [6.45, 7) is -0.0612. The molecule has 2 N–H and O–H groups in total. The summed E-state index contributed by atoms with van der Waals surface area (Å²) in [5.41, 5.74) is -0.517. The van der Waals surface area contributed by atoms with Crippen molar-refractivity contribution in [1.29, 1.82) is 0 Å². The maximum atomic E-state index is 13.5. The van der Waals surface area contributed by atoms with E-state index in [-0.39, 0.29) is 13.2 Å². The number of carboxylic acids is 1. The first-order valence-electron chi connectivity index (χ1n) is 5.27. The lowest BCUT2D eigenvalue weighted by Crippen LogP contribution is -2.22. The Morgan fingerprint density at radius 2 is 2.11 bits per heavy atom. The molecule has 1 aromatic carbocycles. The Kier molecular flexibility index (Phi) is 3.50. The van der Waals surface area contributed by atoms with E-state index in [1.807, 2.05) is 0 Å². The van der Waals surface area contributed by atoms with E-state index in [2.05, 4.69) is 5.32 Å². The smallest absolute Gasteiger partial charge is 0.407 e. The lowest BCUT2D eigenvalue weighted by atomic mass is 10.2. The molecule has 1 aliphatic heterocycles. The van der Waals surface area contributed by atoms with Crippen LogP contribution in [0.5, 0.6) is 5.75 Å². The molecule has 8 heteroatoms. The van der Waals surface area contributed by atoms with Crippen LogP contribution in [0.2, 0.25) is 0 Å². The Morgan fingerprint density at radius 1 is 1.47 bits per heavy atom. The highest BCUT2D eigenvalue weighted by molar-refractivity contribution is 5.87. The van der Waals surface area contributed by atoms with Crippen LogP contribution in [0.15, 0.2) is 12.1 Å². The van der Waals surface area contributed by atoms with Crippen LogP contribution in [-0.4, -0.2) is 36.4 Å². The third-order valence-corrected chi connectivity index (χ3v) is 2.41. The zero-order chi connectivity index (χ0) is 14.0. The molecule has 1 aliphatic rings. The summed E-state index contributed by atoms with van der Waals surface area (Å²) >= 11 is 0. The van der Waals surface area contributed by atoms with Gasteiger partial charge in [0.25, 0.3) is 0 Å². The van der Waals surface area contributed by atoms with Crippen LogP contribution in [0.1, 0.15) is 10.4 Å². The second-order valence-corrected chi connectivity index (χ2v) is 3.79. The third kappa shape index (κ3) is 2.90. The number of hydrogen-bond acceptors (Lipinski definition) is 4. The van der Waals surface area contributed by atoms with Crippen molar-refractivity contribution in [3.63, 3.8) is 0 Å². The number of rotatable bonds is 4. The average Bonchev–Trinajstić information content (AvgIpc) is 2.73. The van der Waals surface area contributed by atoms with Crippen molar-refractivity contribution in [2.75, 3.05) is 13.2 Å². The molecule has 102 valence electrons. The number of amides is 1. The summed E-state index contributed by atoms with van der Waals surface area (Å²) in [6, 6.07) is 1.30. The monoisotopic (exact) mass is 273 g/mol. The fraction of sp³-hybridized carbons (Fsp3) is 0.273. The molecule has 0 saturated carbocycles. The fourth-order valence-electron chi connectivity index (χ4n) is 1.52. The number of hydrogen-bond donors (Lipinski definition) is 2. The summed E-state index contributed by atoms with van der Waals surface area (Å²) in [4.78, 5) is 21.3. The van der Waals surface area contributed by atoms with Crippen molar-refractivity contribution in [2.24, 2.45) is 0 Å². The van der Waals surface area contributed by atoms with E-state index in [9.17, 15) is 18.4 Å². The van der Waals surface area contributed by atoms with E-state index in [1.54, 1.807) is 0 Å². The molecule has 0 aromatic heterocycles. The molecule has 1 aromatic rings. The van der Waals surface area contributed by atoms with Gasteiger partial charge in [-0.1, -0.05) is 0 Å². The minimum Gasteiger partial charge on any atom is -0.484 e. The van der Waals surface area contributed by atoms with Gasteiger partial charge in [0.1, 0.15) is 6.61 Å². The molecule has 1 heterocycles. The van der Waals surface area contributed by atoms with Gasteiger partial charge in [0.15, 0.2) is 23.5 Å². The van der Waals surface area contributed by atoms with Crippen molar-refractivity contribution in [3.8, 4) is 5.75 Å². The molecule has 1 unspecified atom stereocenters. The van der Waals surface area contributed by atoms with Gasteiger partial charge in [-0.15, -0.1) is 0 Å². The Hall–Kier alpha value is -2.38. The number of alkyl carbamates (subject to hydrolysis) is 1. The van der Waals surface area contributed by atoms with Gasteiger partial charge < -0.3 is 19.9 Å². The number of benzene rings is 1. The van der Waals surface area contributed by atoms with Gasteiger partial charge in [-0.25, -0.2) is 18.4 Å². The normalized spacial score (nSPS) is 17.8. The molecule has 0 bridgehead atoms. The SMILES string of the molecule is O=C1NCC(COc2c(F)cc(C(=O)O)cc2F)O1. The minimum atomic E-state index is -1.45. The van der Waals surface area contributed by atoms with Gasteiger partial charge in [0.05, 0.1) is 12.1 Å². The van der Waals surface area contributed by atoms with Gasteiger partial charge in [-0.3, -0.25) is 0 Å². The van der Waals surface area contributed by atoms with Gasteiger partial charge in [0, 0.05) is 0 Å². The minimum absolute atomic E-state index is 0.176. The summed E-state index contributed by atoms with van der Waals surface area (Å²) in [7, 11) is 0. The molecule has 1 fully saturated rings. The number of aromatic carboxylic acids is 1. The van der Waals surface area contributed by atoms with Crippen LogP contribution >= 0.6 is 0 Å². The summed E-state index contributed by atoms with van der Waals surface area (Å²) < 4.78 is 36.5. The third-order valence-electron chi connectivity index (χ3n) is 2.41. The van der Waals surface area contributed by atoms with Crippen LogP contribution < -0.4 is 10.1 Å². The Balaban J connectivity index is 2.08. The number of nitrogens with one attached hydrogen (secondary N) is 1. The molecular weight excluding hydrogens is 264 g/mol. The number of carbonyl (C=O) groups excluding carboxylic acids is 1. The number of ether oxygens (including phenoxy) is 2. The predicted molar refractivity (Wildman–Crippen MR) is 57.1 cm³/mol. The molecule has 19 heavy (non-hydrogen) atoms. The first-order valence-corrected chi connectivity index (χ1v) is 5.27. The Labute approximate surface area is 105 Å². The van der Waals surface area contributed by atoms with E-state index >= 15 is 0 Å². The maximum Gasteiger partial charge on any atom is 0.407 e. The topological polar surface area (TPSA) is 84.9 Å². The van der Waals surface area contributed by atoms with E-state index < -0.39 is 41.1 Å². The van der Waals surface area contributed by atoms with Crippen LogP contribution in [0.25, 0.3) is 0 Å². The molecule has 1 saturated heterocycles. The molecule has 1 atom stereocenters. The molecule has 0 aliphatic carbocycles. The number of cyclic esters (lactones) is 1. The highest BCUT2D eigenvalue weighted by Crippen LogP contribution is 2.23. The van der Waals surface area contributed by atoms with Crippen LogP contribution in [0.4, 0.5) is 13.6 Å². The Bertz CT molecular complexity index is 511. The first-order chi connectivity index (χ1) is 8.97. The Morgan fingerprint density at radius 3 is 2.58 bits per heavy atom. The van der Waals surface area contributed by atoms with Crippen molar-refractivity contribution in [1.82, 2.24) is 5.32 Å². The fourth-order valence-corrected chi connectivity index (χ4v) is 1.52. The molecule has 2 rings (SSSR count). The predicted octanol–water partition coefficient (Wildman–Crippen LogP) is 1.15. The lowest BCUT2D eigenvalue weighted by Gasteiger charge is -2.11. The number of carbonyl (C=O) groups is 2. The number of carboxylic acid groups (broad SMARTS) is 1. The summed E-state index contributed by atoms with van der Waals surface area (Å²) in [6.07, 6.45) is -1.28. The van der Waals surface area contributed by atoms with Gasteiger partial charge in [0.2, 0.25) is 0 Å². The average molecular weight is 273 g/mol. The molecule has 1 amide bonds. The second-order valence-electron chi connectivity index (χ2n) is 3.79. The van der Waals surface area contributed by atoms with Gasteiger partial charge in [-0.05, 0) is 12.1 Å². The maximum absolute atomic E-state index is 13.5. The molecular formula is C11H9F2NO5. The molecule has 0 radical (unpaired) electrons. The summed E-state index contributed by atoms with van der Waals surface area (Å²) in [5, 5.41) is 11.0. The van der Waals surface area contributed by atoms with Crippen molar-refractivity contribution in [3.05, 3.63) is 29.3 Å². The lowest BCUT2D eigenvalue weighted by molar-refractivity contribution is 0.0694. The van der Waals surface area contributed by atoms with E-state index in [0.717, 1.165) is 0 Å². The highest BCUT2D eigenvalue weighted by atomic mass is 19.1. The van der Waals surface area contributed by atoms with Gasteiger partial charge >= 0.3 is 12.1 Å². The van der Waals surface area contributed by atoms with Crippen LogP contribution in [0.3, 0.4) is 0 Å². The number of halogens is 2. The highest BCUT2D eigenvalue weighted by Gasteiger charge is 2.24. The standard InChI is InChI=1S/C11H9F2NO5/c12-7-1-5(10(15)16)2-8(13)9(7)18-4-6-3-14-11(17)19-6/h1-2,6H,3-4H2,(H,14,17)(H,15,16). The van der Waals surface area contributed by atoms with Crippen molar-refractivity contribution in [2.45, 2.75) is 6.10 Å². The van der Waals surface area contributed by atoms with Crippen LogP contribution in [0, 0.1) is 11.6 Å². The first kappa shape index (κ1) is 13.1. The van der Waals surface area contributed by atoms with E-state index in [0.29, 0.717) is 12.1 Å². The van der Waals surface area contributed by atoms with E-state index in [4.69, 9.17) is 14.6 Å². The van der Waals surface area contributed by atoms with Crippen molar-refractivity contribution >= 4 is 12.1 Å². The molecule has 6 nitrogen and oxygen atoms in total. The van der Waals surface area contributed by atoms with Crippen molar-refractivity contribution < 1.29 is 33.0 Å². The molecule has 0 spiro atoms. The quantitative estimate of drug-likeness (QED) is 0.859. The largest absolute Gasteiger partial charge is 0.484 e.